The Labute approximate surface area is 103 Å². The first-order chi connectivity index (χ1) is 8.34. The highest BCUT2D eigenvalue weighted by Gasteiger charge is 2.41. The summed E-state index contributed by atoms with van der Waals surface area (Å²) in [5, 5.41) is 6.64. The smallest absolute Gasteiger partial charge is 0.224 e. The predicted molar refractivity (Wildman–Crippen MR) is 66.7 cm³/mol. The van der Waals surface area contributed by atoms with Gasteiger partial charge in [0.05, 0.1) is 5.92 Å². The van der Waals surface area contributed by atoms with Crippen LogP contribution in [0.2, 0.25) is 0 Å². The van der Waals surface area contributed by atoms with Crippen molar-refractivity contribution in [3.05, 3.63) is 0 Å². The molecule has 0 radical (unpaired) electrons. The molecule has 3 heterocycles. The van der Waals surface area contributed by atoms with E-state index in [1.54, 1.807) is 0 Å². The number of hydrogen-bond donors (Lipinski definition) is 2. The van der Waals surface area contributed by atoms with Crippen molar-refractivity contribution in [1.29, 1.82) is 0 Å². The number of nitrogens with one attached hydrogen (secondary N) is 2. The molecule has 3 aliphatic rings. The molecule has 4 heteroatoms. The Balaban J connectivity index is 1.60. The summed E-state index contributed by atoms with van der Waals surface area (Å²) in [6.45, 7) is 4.35. The zero-order chi connectivity index (χ0) is 11.7. The maximum atomic E-state index is 11.7. The van der Waals surface area contributed by atoms with E-state index < -0.39 is 0 Å². The maximum absolute atomic E-state index is 11.7. The highest BCUT2D eigenvalue weighted by Crippen LogP contribution is 2.27. The van der Waals surface area contributed by atoms with E-state index >= 15 is 0 Å². The van der Waals surface area contributed by atoms with Crippen LogP contribution in [0.15, 0.2) is 0 Å². The minimum absolute atomic E-state index is 0.271. The molecule has 4 nitrogen and oxygen atoms in total. The van der Waals surface area contributed by atoms with Crippen molar-refractivity contribution < 1.29 is 4.79 Å². The zero-order valence-corrected chi connectivity index (χ0v) is 10.5. The quantitative estimate of drug-likeness (QED) is 0.728. The van der Waals surface area contributed by atoms with Gasteiger partial charge >= 0.3 is 0 Å². The Kier molecular flexibility index (Phi) is 3.34. The summed E-state index contributed by atoms with van der Waals surface area (Å²) >= 11 is 0. The second-order valence-corrected chi connectivity index (χ2v) is 5.70. The molecule has 0 aromatic carbocycles. The van der Waals surface area contributed by atoms with Gasteiger partial charge in [0.25, 0.3) is 0 Å². The van der Waals surface area contributed by atoms with E-state index in [0.717, 1.165) is 19.5 Å². The van der Waals surface area contributed by atoms with Crippen molar-refractivity contribution in [3.63, 3.8) is 0 Å². The first-order valence-electron chi connectivity index (χ1n) is 7.10. The van der Waals surface area contributed by atoms with E-state index in [9.17, 15) is 4.79 Å². The molecule has 1 amide bonds. The number of amides is 1. The largest absolute Gasteiger partial charge is 0.354 e. The van der Waals surface area contributed by atoms with Crippen molar-refractivity contribution in [2.45, 2.75) is 44.2 Å². The Morgan fingerprint density at radius 2 is 2.18 bits per heavy atom. The lowest BCUT2D eigenvalue weighted by Crippen LogP contribution is -2.52. The average molecular weight is 237 g/mol. The first-order valence-corrected chi connectivity index (χ1v) is 7.10. The van der Waals surface area contributed by atoms with Gasteiger partial charge in [0, 0.05) is 25.2 Å². The number of likely N-dealkylation sites (tertiary alicyclic amines) is 1. The Bertz CT molecular complexity index is 288. The molecular weight excluding hydrogens is 214 g/mol. The van der Waals surface area contributed by atoms with E-state index in [2.05, 4.69) is 15.5 Å². The molecule has 3 fully saturated rings. The molecular formula is C13H23N3O. The van der Waals surface area contributed by atoms with Crippen LogP contribution in [-0.2, 0) is 4.79 Å². The van der Waals surface area contributed by atoms with Gasteiger partial charge in [0.15, 0.2) is 0 Å². The molecule has 0 aliphatic carbocycles. The fraction of sp³-hybridized carbons (Fsp3) is 0.923. The molecule has 2 N–H and O–H groups in total. The summed E-state index contributed by atoms with van der Waals surface area (Å²) in [5.74, 6) is 0.559. The molecule has 96 valence electrons. The minimum atomic E-state index is 0.271. The van der Waals surface area contributed by atoms with Crippen LogP contribution in [0, 0.1) is 5.92 Å². The van der Waals surface area contributed by atoms with Crippen LogP contribution in [-0.4, -0.2) is 49.1 Å². The molecule has 0 aromatic rings. The summed E-state index contributed by atoms with van der Waals surface area (Å²) in [6.07, 6.45) is 6.25. The monoisotopic (exact) mass is 237 g/mol. The topological polar surface area (TPSA) is 44.4 Å². The van der Waals surface area contributed by atoms with Gasteiger partial charge < -0.3 is 10.6 Å². The molecule has 3 atom stereocenters. The fourth-order valence-electron chi connectivity index (χ4n) is 3.63. The third-order valence-corrected chi connectivity index (χ3v) is 4.58. The van der Waals surface area contributed by atoms with Gasteiger partial charge in [-0.05, 0) is 38.8 Å². The lowest BCUT2D eigenvalue weighted by atomic mass is 9.90. The van der Waals surface area contributed by atoms with Crippen molar-refractivity contribution >= 4 is 5.91 Å². The van der Waals surface area contributed by atoms with Crippen LogP contribution in [0.25, 0.3) is 0 Å². The van der Waals surface area contributed by atoms with Crippen LogP contribution >= 0.6 is 0 Å². The summed E-state index contributed by atoms with van der Waals surface area (Å²) in [5.41, 5.74) is 0. The third kappa shape index (κ3) is 2.33. The number of rotatable bonds is 2. The summed E-state index contributed by atoms with van der Waals surface area (Å²) in [6, 6.07) is 1.12. The molecule has 17 heavy (non-hydrogen) atoms. The van der Waals surface area contributed by atoms with Crippen LogP contribution in [0.4, 0.5) is 0 Å². The SMILES string of the molecule is O=C1NCC2C1CCCN2CC1CCCCN1. The molecule has 0 saturated carbocycles. The van der Waals surface area contributed by atoms with Crippen LogP contribution in [0.5, 0.6) is 0 Å². The maximum Gasteiger partial charge on any atom is 0.224 e. The summed E-state index contributed by atoms with van der Waals surface area (Å²) in [4.78, 5) is 14.2. The summed E-state index contributed by atoms with van der Waals surface area (Å²) in [7, 11) is 0. The number of fused-ring (bicyclic) bond motifs is 1. The molecule has 3 unspecified atom stereocenters. The molecule has 0 spiro atoms. The van der Waals surface area contributed by atoms with Crippen molar-refractivity contribution in [1.82, 2.24) is 15.5 Å². The summed E-state index contributed by atoms with van der Waals surface area (Å²) < 4.78 is 0. The lowest BCUT2D eigenvalue weighted by molar-refractivity contribution is -0.124. The number of carbonyl (C=O) groups is 1. The Morgan fingerprint density at radius 3 is 3.00 bits per heavy atom. The Morgan fingerprint density at radius 1 is 1.24 bits per heavy atom. The van der Waals surface area contributed by atoms with Crippen LogP contribution in [0.1, 0.15) is 32.1 Å². The van der Waals surface area contributed by atoms with Crippen molar-refractivity contribution in [2.24, 2.45) is 5.92 Å². The van der Waals surface area contributed by atoms with Gasteiger partial charge in [-0.1, -0.05) is 6.42 Å². The second-order valence-electron chi connectivity index (χ2n) is 5.70. The highest BCUT2D eigenvalue weighted by molar-refractivity contribution is 5.82. The van der Waals surface area contributed by atoms with Crippen molar-refractivity contribution in [2.75, 3.05) is 26.2 Å². The molecule has 3 rings (SSSR count). The van der Waals surface area contributed by atoms with E-state index in [-0.39, 0.29) is 11.8 Å². The predicted octanol–water partition coefficient (Wildman–Crippen LogP) is 0.339. The van der Waals surface area contributed by atoms with Gasteiger partial charge in [0.1, 0.15) is 0 Å². The Hall–Kier alpha value is -0.610. The van der Waals surface area contributed by atoms with E-state index in [1.165, 1.54) is 38.8 Å². The van der Waals surface area contributed by atoms with E-state index in [4.69, 9.17) is 0 Å². The molecule has 0 bridgehead atoms. The second kappa shape index (κ2) is 4.94. The number of carbonyl (C=O) groups excluding carboxylic acids is 1. The average Bonchev–Trinajstić information content (AvgIpc) is 2.74. The lowest BCUT2D eigenvalue weighted by Gasteiger charge is -2.39. The standard InChI is InChI=1S/C13H23N3O/c17-13-11-5-3-7-16(12(11)8-15-13)9-10-4-1-2-6-14-10/h10-12,14H,1-9H2,(H,15,17). The molecule has 3 aliphatic heterocycles. The minimum Gasteiger partial charge on any atom is -0.354 e. The fourth-order valence-corrected chi connectivity index (χ4v) is 3.63. The normalized spacial score (nSPS) is 38.8. The van der Waals surface area contributed by atoms with Gasteiger partial charge in [-0.2, -0.15) is 0 Å². The van der Waals surface area contributed by atoms with Gasteiger partial charge in [-0.3, -0.25) is 9.69 Å². The number of nitrogens with zero attached hydrogens (tertiary/aromatic N) is 1. The van der Waals surface area contributed by atoms with Gasteiger partial charge in [-0.15, -0.1) is 0 Å². The highest BCUT2D eigenvalue weighted by atomic mass is 16.2. The van der Waals surface area contributed by atoms with Crippen LogP contribution in [0.3, 0.4) is 0 Å². The molecule has 3 saturated heterocycles. The third-order valence-electron chi connectivity index (χ3n) is 4.58. The van der Waals surface area contributed by atoms with Crippen LogP contribution < -0.4 is 10.6 Å². The van der Waals surface area contributed by atoms with Crippen molar-refractivity contribution in [3.8, 4) is 0 Å². The van der Waals surface area contributed by atoms with Gasteiger partial charge in [-0.25, -0.2) is 0 Å². The van der Waals surface area contributed by atoms with E-state index in [0.29, 0.717) is 12.1 Å². The zero-order valence-electron chi connectivity index (χ0n) is 10.5. The van der Waals surface area contributed by atoms with E-state index in [1.807, 2.05) is 0 Å². The number of piperidine rings is 2. The number of hydrogen-bond acceptors (Lipinski definition) is 3. The van der Waals surface area contributed by atoms with Gasteiger partial charge in [0.2, 0.25) is 5.91 Å². The molecule has 0 aromatic heterocycles. The first kappa shape index (κ1) is 11.5.